The van der Waals surface area contributed by atoms with E-state index in [0.29, 0.717) is 13.2 Å². The van der Waals surface area contributed by atoms with Crippen LogP contribution in [-0.4, -0.2) is 19.1 Å². The van der Waals surface area contributed by atoms with Crippen LogP contribution in [0.3, 0.4) is 0 Å². The lowest BCUT2D eigenvalue weighted by molar-refractivity contribution is -0.122. The van der Waals surface area contributed by atoms with Crippen LogP contribution in [0.2, 0.25) is 0 Å². The molecule has 1 unspecified atom stereocenters. The minimum Gasteiger partial charge on any atom is -0.381 e. The average molecular weight is 268 g/mol. The largest absolute Gasteiger partial charge is 0.381 e. The van der Waals surface area contributed by atoms with Gasteiger partial charge in [0, 0.05) is 24.8 Å². The van der Waals surface area contributed by atoms with Gasteiger partial charge < -0.3 is 10.1 Å². The van der Waals surface area contributed by atoms with Gasteiger partial charge in [-0.05, 0) is 31.4 Å². The number of para-hydroxylation sites is 1. The number of carbonyl (C=O) groups excluding carboxylic acids is 1. The highest BCUT2D eigenvalue weighted by Gasteiger charge is 2.22. The van der Waals surface area contributed by atoms with Gasteiger partial charge >= 0.3 is 0 Å². The first-order valence-corrected chi connectivity index (χ1v) is 6.73. The molecule has 1 amide bonds. The third-order valence-corrected chi connectivity index (χ3v) is 3.47. The van der Waals surface area contributed by atoms with Gasteiger partial charge in [0.15, 0.2) is 0 Å². The number of benzene rings is 1. The normalized spacial score (nSPS) is 18.3. The molecule has 1 aromatic rings. The Morgan fingerprint density at radius 2 is 2.06 bits per heavy atom. The van der Waals surface area contributed by atoms with E-state index < -0.39 is 0 Å². The molecule has 0 aliphatic carbocycles. The van der Waals surface area contributed by atoms with Crippen molar-refractivity contribution in [3.05, 3.63) is 29.8 Å². The van der Waals surface area contributed by atoms with Crippen molar-refractivity contribution < 1.29 is 9.53 Å². The predicted molar refractivity (Wildman–Crippen MR) is 72.9 cm³/mol. The summed E-state index contributed by atoms with van der Waals surface area (Å²) in [6.07, 6.45) is 1.59. The molecule has 18 heavy (non-hydrogen) atoms. The number of hydrogen-bond donors (Lipinski definition) is 1. The van der Waals surface area contributed by atoms with Crippen LogP contribution < -0.4 is 5.32 Å². The van der Waals surface area contributed by atoms with E-state index in [1.54, 1.807) is 0 Å². The fraction of sp³-hybridized carbons (Fsp3) is 0.500. The molecule has 1 aliphatic heterocycles. The maximum atomic E-state index is 12.1. The van der Waals surface area contributed by atoms with Crippen LogP contribution >= 0.6 is 11.6 Å². The molecule has 1 atom stereocenters. The summed E-state index contributed by atoms with van der Waals surface area (Å²) in [5.74, 6) is 0.125. The minimum absolute atomic E-state index is 0.0532. The topological polar surface area (TPSA) is 38.3 Å². The molecule has 0 aromatic heterocycles. The average Bonchev–Trinajstić information content (AvgIpc) is 2.40. The van der Waals surface area contributed by atoms with E-state index >= 15 is 0 Å². The molecule has 0 radical (unpaired) electrons. The summed E-state index contributed by atoms with van der Waals surface area (Å²) in [5.41, 5.74) is 1.77. The maximum absolute atomic E-state index is 12.1. The van der Waals surface area contributed by atoms with Crippen LogP contribution in [0, 0.1) is 5.92 Å². The molecule has 1 aliphatic rings. The molecule has 1 fully saturated rings. The molecule has 98 valence electrons. The summed E-state index contributed by atoms with van der Waals surface area (Å²) in [6.45, 7) is 3.25. The van der Waals surface area contributed by atoms with Crippen molar-refractivity contribution in [1.82, 2.24) is 0 Å². The van der Waals surface area contributed by atoms with Gasteiger partial charge in [-0.2, -0.15) is 0 Å². The van der Waals surface area contributed by atoms with E-state index in [1.165, 1.54) is 0 Å². The van der Waals surface area contributed by atoms with Crippen molar-refractivity contribution in [2.45, 2.75) is 25.1 Å². The second kappa shape index (κ2) is 6.21. The molecule has 1 saturated heterocycles. The molecule has 0 saturated carbocycles. The third kappa shape index (κ3) is 3.24. The summed E-state index contributed by atoms with van der Waals surface area (Å²) in [6, 6.07) is 7.67. The number of nitrogens with one attached hydrogen (secondary N) is 1. The first-order chi connectivity index (χ1) is 8.68. The Bertz CT molecular complexity index is 414. The lowest BCUT2D eigenvalue weighted by Gasteiger charge is -2.22. The van der Waals surface area contributed by atoms with Crippen LogP contribution in [0.15, 0.2) is 24.3 Å². The number of carbonyl (C=O) groups is 1. The smallest absolute Gasteiger partial charge is 0.227 e. The maximum Gasteiger partial charge on any atom is 0.227 e. The number of halogens is 1. The summed E-state index contributed by atoms with van der Waals surface area (Å²) >= 11 is 6.11. The highest BCUT2D eigenvalue weighted by atomic mass is 35.5. The zero-order valence-electron chi connectivity index (χ0n) is 10.5. The zero-order valence-corrected chi connectivity index (χ0v) is 11.2. The van der Waals surface area contributed by atoms with Gasteiger partial charge in [-0.25, -0.2) is 0 Å². The van der Waals surface area contributed by atoms with E-state index in [9.17, 15) is 4.79 Å². The Kier molecular flexibility index (Phi) is 4.61. The number of anilines is 1. The Balaban J connectivity index is 2.06. The van der Waals surface area contributed by atoms with E-state index in [2.05, 4.69) is 5.32 Å². The molecule has 0 bridgehead atoms. The highest BCUT2D eigenvalue weighted by Crippen LogP contribution is 2.28. The van der Waals surface area contributed by atoms with Gasteiger partial charge in [-0.1, -0.05) is 18.2 Å². The van der Waals surface area contributed by atoms with Gasteiger partial charge in [0.2, 0.25) is 5.91 Å². The number of hydrogen-bond acceptors (Lipinski definition) is 2. The second-order valence-electron chi connectivity index (χ2n) is 4.58. The number of ether oxygens (including phenoxy) is 1. The molecule has 1 aromatic carbocycles. The SMILES string of the molecule is CC(Cl)c1ccccc1NC(=O)C1CCOCC1. The molecule has 1 heterocycles. The third-order valence-electron chi connectivity index (χ3n) is 3.24. The van der Waals surface area contributed by atoms with Crippen LogP contribution in [0.1, 0.15) is 30.7 Å². The predicted octanol–water partition coefficient (Wildman–Crippen LogP) is 3.35. The van der Waals surface area contributed by atoms with Crippen LogP contribution in [0.25, 0.3) is 0 Å². The van der Waals surface area contributed by atoms with Gasteiger partial charge in [0.25, 0.3) is 0 Å². The second-order valence-corrected chi connectivity index (χ2v) is 5.23. The van der Waals surface area contributed by atoms with Gasteiger partial charge in [-0.15, -0.1) is 11.6 Å². The summed E-state index contributed by atoms with van der Waals surface area (Å²) in [7, 11) is 0. The van der Waals surface area contributed by atoms with Crippen molar-refractivity contribution in [3.8, 4) is 0 Å². The molecule has 0 spiro atoms. The van der Waals surface area contributed by atoms with E-state index in [-0.39, 0.29) is 17.2 Å². The van der Waals surface area contributed by atoms with E-state index in [1.807, 2.05) is 31.2 Å². The number of alkyl halides is 1. The Morgan fingerprint density at radius 3 is 2.72 bits per heavy atom. The lowest BCUT2D eigenvalue weighted by Crippen LogP contribution is -2.28. The van der Waals surface area contributed by atoms with Gasteiger partial charge in [0.1, 0.15) is 0 Å². The Morgan fingerprint density at radius 1 is 1.39 bits per heavy atom. The van der Waals surface area contributed by atoms with Crippen LogP contribution in [0.4, 0.5) is 5.69 Å². The molecule has 4 heteroatoms. The minimum atomic E-state index is -0.115. The first-order valence-electron chi connectivity index (χ1n) is 6.30. The Hall–Kier alpha value is -1.06. The van der Waals surface area contributed by atoms with Crippen molar-refractivity contribution >= 4 is 23.2 Å². The van der Waals surface area contributed by atoms with Crippen molar-refractivity contribution in [2.75, 3.05) is 18.5 Å². The molecular weight excluding hydrogens is 250 g/mol. The first kappa shape index (κ1) is 13.4. The summed E-state index contributed by atoms with van der Waals surface area (Å²) in [4.78, 5) is 12.1. The van der Waals surface area contributed by atoms with Gasteiger partial charge in [-0.3, -0.25) is 4.79 Å². The molecule has 3 nitrogen and oxygen atoms in total. The van der Waals surface area contributed by atoms with E-state index in [0.717, 1.165) is 24.1 Å². The monoisotopic (exact) mass is 267 g/mol. The fourth-order valence-corrected chi connectivity index (χ4v) is 2.34. The van der Waals surface area contributed by atoms with Gasteiger partial charge in [0.05, 0.1) is 5.38 Å². The van der Waals surface area contributed by atoms with Crippen molar-refractivity contribution in [2.24, 2.45) is 5.92 Å². The quantitative estimate of drug-likeness (QED) is 0.853. The molecular formula is C14H18ClNO2. The van der Waals surface area contributed by atoms with Crippen molar-refractivity contribution in [1.29, 1.82) is 0 Å². The Labute approximate surface area is 112 Å². The fourth-order valence-electron chi connectivity index (χ4n) is 2.15. The van der Waals surface area contributed by atoms with E-state index in [4.69, 9.17) is 16.3 Å². The lowest BCUT2D eigenvalue weighted by atomic mass is 9.99. The molecule has 2 rings (SSSR count). The summed E-state index contributed by atoms with van der Waals surface area (Å²) < 4.78 is 5.26. The van der Waals surface area contributed by atoms with Crippen LogP contribution in [-0.2, 0) is 9.53 Å². The van der Waals surface area contributed by atoms with Crippen molar-refractivity contribution in [3.63, 3.8) is 0 Å². The summed E-state index contributed by atoms with van der Waals surface area (Å²) in [5, 5.41) is 2.87. The molecule has 1 N–H and O–H groups in total. The van der Waals surface area contributed by atoms with Crippen LogP contribution in [0.5, 0.6) is 0 Å². The highest BCUT2D eigenvalue weighted by molar-refractivity contribution is 6.21. The number of amides is 1. The number of rotatable bonds is 3. The standard InChI is InChI=1S/C14H18ClNO2/c1-10(15)12-4-2-3-5-13(12)16-14(17)11-6-8-18-9-7-11/h2-5,10-11H,6-9H2,1H3,(H,16,17). The zero-order chi connectivity index (χ0) is 13.0.